The molecule has 0 aliphatic heterocycles. The van der Waals surface area contributed by atoms with Crippen LogP contribution in [0.15, 0.2) is 29.3 Å². The zero-order valence-corrected chi connectivity index (χ0v) is 8.94. The number of nitriles is 1. The molecule has 1 rings (SSSR count). The third-order valence-corrected chi connectivity index (χ3v) is 2.11. The fraction of sp³-hybridized carbons (Fsp3) is 0.333. The second-order valence-corrected chi connectivity index (χ2v) is 3.50. The normalized spacial score (nSPS) is 13.3. The molecule has 0 radical (unpaired) electrons. The van der Waals surface area contributed by atoms with E-state index in [1.54, 1.807) is 12.1 Å². The molecule has 1 aromatic rings. The Balaban J connectivity index is 2.72. The number of hydrogen-bond donors (Lipinski definition) is 1. The van der Waals surface area contributed by atoms with Crippen molar-refractivity contribution in [3.63, 3.8) is 0 Å². The summed E-state index contributed by atoms with van der Waals surface area (Å²) < 4.78 is 0. The summed E-state index contributed by atoms with van der Waals surface area (Å²) in [6.07, 6.45) is 0. The Morgan fingerprint density at radius 1 is 1.47 bits per heavy atom. The van der Waals surface area contributed by atoms with Crippen molar-refractivity contribution in [1.82, 2.24) is 0 Å². The van der Waals surface area contributed by atoms with E-state index < -0.39 is 0 Å². The van der Waals surface area contributed by atoms with E-state index >= 15 is 0 Å². The van der Waals surface area contributed by atoms with Crippen LogP contribution in [0, 0.1) is 17.2 Å². The summed E-state index contributed by atoms with van der Waals surface area (Å²) >= 11 is 0. The molecule has 0 saturated carbocycles. The van der Waals surface area contributed by atoms with Gasteiger partial charge >= 0.3 is 0 Å². The minimum absolute atomic E-state index is 0.0583. The van der Waals surface area contributed by atoms with Gasteiger partial charge in [-0.15, -0.1) is 0 Å². The molecule has 0 amide bonds. The van der Waals surface area contributed by atoms with Crippen molar-refractivity contribution < 1.29 is 5.11 Å². The van der Waals surface area contributed by atoms with Crippen LogP contribution in [0.25, 0.3) is 0 Å². The Hall–Kier alpha value is -1.82. The molecule has 15 heavy (non-hydrogen) atoms. The summed E-state index contributed by atoms with van der Waals surface area (Å²) in [7, 11) is 0. The van der Waals surface area contributed by atoms with E-state index in [9.17, 15) is 0 Å². The van der Waals surface area contributed by atoms with Crippen LogP contribution >= 0.6 is 0 Å². The van der Waals surface area contributed by atoms with Crippen molar-refractivity contribution in [2.75, 3.05) is 6.54 Å². The van der Waals surface area contributed by atoms with Gasteiger partial charge in [-0.3, -0.25) is 4.99 Å². The van der Waals surface area contributed by atoms with E-state index in [4.69, 9.17) is 10.4 Å². The summed E-state index contributed by atoms with van der Waals surface area (Å²) in [6, 6.07) is 9.01. The molecule has 1 atom stereocenters. The maximum atomic E-state index is 9.11. The van der Waals surface area contributed by atoms with Crippen LogP contribution in [0.4, 0.5) is 0 Å². The quantitative estimate of drug-likeness (QED) is 0.765. The molecule has 3 nitrogen and oxygen atoms in total. The molecule has 0 heterocycles. The summed E-state index contributed by atoms with van der Waals surface area (Å²) in [6.45, 7) is 4.26. The van der Waals surface area contributed by atoms with Gasteiger partial charge in [0, 0.05) is 5.71 Å². The van der Waals surface area contributed by atoms with Crippen LogP contribution in [-0.4, -0.2) is 17.4 Å². The fourth-order valence-electron chi connectivity index (χ4n) is 1.11. The van der Waals surface area contributed by atoms with Gasteiger partial charge in [-0.05, 0) is 43.7 Å². The standard InChI is InChI=1S/C12H14N2O/c1-9(7-13)8-14-10(2)11-3-5-12(15)6-4-11/h3-6,9,15H,8H2,1-2H3. The second-order valence-electron chi connectivity index (χ2n) is 3.50. The fourth-order valence-corrected chi connectivity index (χ4v) is 1.11. The van der Waals surface area contributed by atoms with E-state index in [-0.39, 0.29) is 11.7 Å². The molecular weight excluding hydrogens is 188 g/mol. The summed E-state index contributed by atoms with van der Waals surface area (Å²) in [5, 5.41) is 17.7. The third kappa shape index (κ3) is 3.43. The number of hydrogen-bond acceptors (Lipinski definition) is 3. The highest BCUT2D eigenvalue weighted by molar-refractivity contribution is 5.98. The lowest BCUT2D eigenvalue weighted by atomic mass is 10.1. The molecule has 0 aliphatic carbocycles. The molecule has 1 unspecified atom stereocenters. The number of aromatic hydroxyl groups is 1. The number of phenols is 1. The van der Waals surface area contributed by atoms with Crippen LogP contribution < -0.4 is 0 Å². The van der Waals surface area contributed by atoms with E-state index in [0.29, 0.717) is 6.54 Å². The smallest absolute Gasteiger partial charge is 0.115 e. The predicted molar refractivity (Wildman–Crippen MR) is 60.0 cm³/mol. The predicted octanol–water partition coefficient (Wildman–Crippen LogP) is 2.36. The van der Waals surface area contributed by atoms with Gasteiger partial charge in [0.2, 0.25) is 0 Å². The highest BCUT2D eigenvalue weighted by atomic mass is 16.3. The van der Waals surface area contributed by atoms with Gasteiger partial charge in [0.1, 0.15) is 5.75 Å². The Kier molecular flexibility index (Phi) is 3.87. The van der Waals surface area contributed by atoms with Crippen molar-refractivity contribution in [2.45, 2.75) is 13.8 Å². The third-order valence-electron chi connectivity index (χ3n) is 2.11. The van der Waals surface area contributed by atoms with Crippen LogP contribution in [0.3, 0.4) is 0 Å². The minimum atomic E-state index is -0.0583. The van der Waals surface area contributed by atoms with E-state index in [1.807, 2.05) is 26.0 Å². The van der Waals surface area contributed by atoms with Crippen LogP contribution in [-0.2, 0) is 0 Å². The maximum absolute atomic E-state index is 9.11. The average molecular weight is 202 g/mol. The molecule has 1 aromatic carbocycles. The first-order valence-corrected chi connectivity index (χ1v) is 4.83. The lowest BCUT2D eigenvalue weighted by molar-refractivity contribution is 0.475. The summed E-state index contributed by atoms with van der Waals surface area (Å²) in [5.74, 6) is 0.189. The first-order chi connectivity index (χ1) is 7.13. The number of benzene rings is 1. The SMILES string of the molecule is CC(=NCC(C)C#N)c1ccc(O)cc1. The maximum Gasteiger partial charge on any atom is 0.115 e. The van der Waals surface area contributed by atoms with Gasteiger partial charge in [0.05, 0.1) is 18.5 Å². The van der Waals surface area contributed by atoms with Crippen LogP contribution in [0.5, 0.6) is 5.75 Å². The molecule has 0 spiro atoms. The lowest BCUT2D eigenvalue weighted by Crippen LogP contribution is -2.01. The molecule has 0 fully saturated rings. The van der Waals surface area contributed by atoms with Crippen molar-refractivity contribution in [3.8, 4) is 11.8 Å². The lowest BCUT2D eigenvalue weighted by Gasteiger charge is -2.02. The summed E-state index contributed by atoms with van der Waals surface area (Å²) in [4.78, 5) is 4.31. The van der Waals surface area contributed by atoms with Gasteiger partial charge in [0.25, 0.3) is 0 Å². The number of nitrogens with zero attached hydrogens (tertiary/aromatic N) is 2. The number of phenolic OH excluding ortho intramolecular Hbond substituents is 1. The Bertz CT molecular complexity index is 387. The Labute approximate surface area is 89.7 Å². The second kappa shape index (κ2) is 5.16. The average Bonchev–Trinajstić information content (AvgIpc) is 2.26. The highest BCUT2D eigenvalue weighted by Crippen LogP contribution is 2.10. The molecular formula is C12H14N2O. The van der Waals surface area contributed by atoms with Gasteiger partial charge < -0.3 is 5.11 Å². The molecule has 0 bridgehead atoms. The first kappa shape index (κ1) is 11.3. The topological polar surface area (TPSA) is 56.4 Å². The van der Waals surface area contributed by atoms with Gasteiger partial charge in [0.15, 0.2) is 0 Å². The zero-order valence-electron chi connectivity index (χ0n) is 8.94. The van der Waals surface area contributed by atoms with Crippen molar-refractivity contribution in [3.05, 3.63) is 29.8 Å². The minimum Gasteiger partial charge on any atom is -0.508 e. The number of aliphatic imine (C=N–C) groups is 1. The molecule has 0 saturated heterocycles. The van der Waals surface area contributed by atoms with Crippen LogP contribution in [0.2, 0.25) is 0 Å². The van der Waals surface area contributed by atoms with Crippen molar-refractivity contribution in [2.24, 2.45) is 10.9 Å². The molecule has 0 aliphatic rings. The molecule has 0 aromatic heterocycles. The van der Waals surface area contributed by atoms with Gasteiger partial charge in [-0.25, -0.2) is 0 Å². The highest BCUT2D eigenvalue weighted by Gasteiger charge is 2.00. The zero-order chi connectivity index (χ0) is 11.3. The Morgan fingerprint density at radius 2 is 2.07 bits per heavy atom. The largest absolute Gasteiger partial charge is 0.508 e. The summed E-state index contributed by atoms with van der Waals surface area (Å²) in [5.41, 5.74) is 1.86. The molecule has 1 N–H and O–H groups in total. The van der Waals surface area contributed by atoms with E-state index in [0.717, 1.165) is 11.3 Å². The van der Waals surface area contributed by atoms with Crippen molar-refractivity contribution >= 4 is 5.71 Å². The van der Waals surface area contributed by atoms with E-state index in [1.165, 1.54) is 0 Å². The van der Waals surface area contributed by atoms with Crippen LogP contribution in [0.1, 0.15) is 19.4 Å². The first-order valence-electron chi connectivity index (χ1n) is 4.83. The van der Waals surface area contributed by atoms with Gasteiger partial charge in [-0.1, -0.05) is 0 Å². The number of rotatable bonds is 3. The monoisotopic (exact) mass is 202 g/mol. The molecule has 78 valence electrons. The Morgan fingerprint density at radius 3 is 2.60 bits per heavy atom. The van der Waals surface area contributed by atoms with E-state index in [2.05, 4.69) is 11.1 Å². The van der Waals surface area contributed by atoms with Crippen molar-refractivity contribution in [1.29, 1.82) is 5.26 Å². The molecule has 3 heteroatoms. The van der Waals surface area contributed by atoms with Gasteiger partial charge in [-0.2, -0.15) is 5.26 Å².